The highest BCUT2D eigenvalue weighted by molar-refractivity contribution is 7.89. The van der Waals surface area contributed by atoms with Crippen molar-refractivity contribution in [1.82, 2.24) is 14.9 Å². The van der Waals surface area contributed by atoms with Crippen LogP contribution >= 0.6 is 11.6 Å². The molecular weight excluding hydrogens is 448 g/mol. The first kappa shape index (κ1) is 20.7. The molecule has 12 heteroatoms. The Balaban J connectivity index is 1.38. The van der Waals surface area contributed by atoms with Crippen molar-refractivity contribution in [2.45, 2.75) is 49.1 Å². The summed E-state index contributed by atoms with van der Waals surface area (Å²) in [4.78, 5) is 18.1. The van der Waals surface area contributed by atoms with Gasteiger partial charge in [-0.15, -0.1) is 0 Å². The minimum Gasteiger partial charge on any atom is -0.482 e. The quantitative estimate of drug-likeness (QED) is 0.654. The number of carbonyl (C=O) groups is 1. The molecule has 0 bridgehead atoms. The van der Waals surface area contributed by atoms with Gasteiger partial charge in [-0.25, -0.2) is 13.1 Å². The molecule has 1 unspecified atom stereocenters. The van der Waals surface area contributed by atoms with Gasteiger partial charge in [0.2, 0.25) is 15.9 Å². The van der Waals surface area contributed by atoms with Crippen LogP contribution < -0.4 is 14.4 Å². The highest BCUT2D eigenvalue weighted by atomic mass is 35.5. The summed E-state index contributed by atoms with van der Waals surface area (Å²) in [6.07, 6.45) is 3.61. The number of nitrogens with one attached hydrogen (secondary N) is 1. The van der Waals surface area contributed by atoms with E-state index in [1.165, 1.54) is 17.0 Å². The van der Waals surface area contributed by atoms with Gasteiger partial charge >= 0.3 is 0 Å². The van der Waals surface area contributed by atoms with Crippen LogP contribution in [0.2, 0.25) is 5.02 Å². The Bertz CT molecular complexity index is 1110. The Morgan fingerprint density at radius 3 is 2.84 bits per heavy atom. The fraction of sp³-hybridized carbons (Fsp3) is 0.526. The number of rotatable bonds is 7. The van der Waals surface area contributed by atoms with Gasteiger partial charge in [0.05, 0.1) is 23.4 Å². The average Bonchev–Trinajstić information content (AvgIpc) is 3.25. The topological polar surface area (TPSA) is 124 Å². The Labute approximate surface area is 183 Å². The molecule has 1 aromatic carbocycles. The van der Waals surface area contributed by atoms with Gasteiger partial charge < -0.3 is 14.0 Å². The lowest BCUT2D eigenvalue weighted by Gasteiger charge is -2.29. The number of carbonyl (C=O) groups excluding carboxylic acids is 1. The van der Waals surface area contributed by atoms with Crippen LogP contribution in [0, 0.1) is 0 Å². The molecule has 1 atom stereocenters. The number of anilines is 1. The van der Waals surface area contributed by atoms with Crippen LogP contribution in [0.3, 0.4) is 0 Å². The first-order valence-electron chi connectivity index (χ1n) is 10.1. The van der Waals surface area contributed by atoms with Crippen molar-refractivity contribution in [3.05, 3.63) is 28.9 Å². The zero-order valence-electron chi connectivity index (χ0n) is 16.5. The standard InChI is InChI=1S/C19H21ClN4O6S/c20-13-6-14-15(7-16(13)31(26,27)21-8-12-2-1-5-28-12)29-10-18(25)24(14)9-17-22-19(30-23-17)11-3-4-11/h6-7,11-12,21H,1-5,8-10H2. The van der Waals surface area contributed by atoms with Gasteiger partial charge in [-0.05, 0) is 31.7 Å². The Morgan fingerprint density at radius 1 is 1.26 bits per heavy atom. The molecule has 2 fully saturated rings. The van der Waals surface area contributed by atoms with E-state index in [0.717, 1.165) is 25.7 Å². The number of amides is 1. The van der Waals surface area contributed by atoms with E-state index in [2.05, 4.69) is 14.9 Å². The van der Waals surface area contributed by atoms with Crippen molar-refractivity contribution in [2.75, 3.05) is 24.7 Å². The molecule has 1 saturated carbocycles. The molecule has 2 aromatic rings. The Hall–Kier alpha value is -2.21. The molecule has 3 aliphatic rings. The van der Waals surface area contributed by atoms with Gasteiger partial charge in [-0.3, -0.25) is 9.69 Å². The average molecular weight is 469 g/mol. The third-order valence-electron chi connectivity index (χ3n) is 5.48. The van der Waals surface area contributed by atoms with Crippen LogP contribution in [0.5, 0.6) is 5.75 Å². The normalized spacial score (nSPS) is 21.3. The lowest BCUT2D eigenvalue weighted by Crippen LogP contribution is -2.39. The molecule has 5 rings (SSSR count). The fourth-order valence-corrected chi connectivity index (χ4v) is 5.24. The molecule has 0 radical (unpaired) electrons. The van der Waals surface area contributed by atoms with Crippen LogP contribution in [0.25, 0.3) is 0 Å². The molecule has 0 spiro atoms. The highest BCUT2D eigenvalue weighted by Crippen LogP contribution is 2.40. The molecule has 1 aromatic heterocycles. The van der Waals surface area contributed by atoms with E-state index in [1.54, 1.807) is 0 Å². The zero-order valence-corrected chi connectivity index (χ0v) is 18.1. The third-order valence-corrected chi connectivity index (χ3v) is 7.37. The molecule has 166 valence electrons. The second-order valence-corrected chi connectivity index (χ2v) is 9.97. The monoisotopic (exact) mass is 468 g/mol. The van der Waals surface area contributed by atoms with E-state index in [-0.39, 0.29) is 47.4 Å². The summed E-state index contributed by atoms with van der Waals surface area (Å²) in [7, 11) is -3.89. The number of hydrogen-bond acceptors (Lipinski definition) is 8. The first-order valence-corrected chi connectivity index (χ1v) is 12.0. The molecule has 10 nitrogen and oxygen atoms in total. The van der Waals surface area contributed by atoms with Gasteiger partial charge in [0, 0.05) is 25.1 Å². The summed E-state index contributed by atoms with van der Waals surface area (Å²) >= 11 is 6.32. The number of aromatic nitrogens is 2. The number of nitrogens with zero attached hydrogens (tertiary/aromatic N) is 3. The Kier molecular flexibility index (Phi) is 5.37. The Morgan fingerprint density at radius 2 is 2.10 bits per heavy atom. The van der Waals surface area contributed by atoms with E-state index >= 15 is 0 Å². The SMILES string of the molecule is O=C1COc2cc(S(=O)(=O)NCC3CCCO3)c(Cl)cc2N1Cc1noc(C2CC2)n1. The summed E-state index contributed by atoms with van der Waals surface area (Å²) in [6, 6.07) is 2.75. The van der Waals surface area contributed by atoms with Crippen molar-refractivity contribution < 1.29 is 27.2 Å². The van der Waals surface area contributed by atoms with Gasteiger partial charge in [0.25, 0.3) is 5.91 Å². The van der Waals surface area contributed by atoms with E-state index in [4.69, 9.17) is 25.6 Å². The van der Waals surface area contributed by atoms with Crippen LogP contribution in [0.4, 0.5) is 5.69 Å². The maximum atomic E-state index is 12.8. The summed E-state index contributed by atoms with van der Waals surface area (Å²) < 4.78 is 44.3. The predicted octanol–water partition coefficient (Wildman–Crippen LogP) is 1.98. The molecule has 31 heavy (non-hydrogen) atoms. The smallest absolute Gasteiger partial charge is 0.265 e. The van der Waals surface area contributed by atoms with Crippen molar-refractivity contribution >= 4 is 33.2 Å². The lowest BCUT2D eigenvalue weighted by molar-refractivity contribution is -0.121. The highest BCUT2D eigenvalue weighted by Gasteiger charge is 2.33. The second kappa shape index (κ2) is 8.05. The van der Waals surface area contributed by atoms with Crippen LogP contribution in [-0.4, -0.2) is 50.3 Å². The largest absolute Gasteiger partial charge is 0.482 e. The van der Waals surface area contributed by atoms with Crippen LogP contribution in [-0.2, 0) is 26.1 Å². The van der Waals surface area contributed by atoms with Crippen molar-refractivity contribution in [3.8, 4) is 5.75 Å². The maximum Gasteiger partial charge on any atom is 0.265 e. The minimum absolute atomic E-state index is 0.0197. The number of fused-ring (bicyclic) bond motifs is 1. The van der Waals surface area contributed by atoms with Crippen molar-refractivity contribution in [1.29, 1.82) is 0 Å². The van der Waals surface area contributed by atoms with E-state index in [1.807, 2.05) is 0 Å². The summed E-state index contributed by atoms with van der Waals surface area (Å²) in [5.41, 5.74) is 0.358. The molecular formula is C19H21ClN4O6S. The number of halogens is 1. The van der Waals surface area contributed by atoms with E-state index in [0.29, 0.717) is 29.9 Å². The lowest BCUT2D eigenvalue weighted by atomic mass is 10.2. The summed E-state index contributed by atoms with van der Waals surface area (Å²) in [5, 5.41) is 3.93. The van der Waals surface area contributed by atoms with E-state index in [9.17, 15) is 13.2 Å². The molecule has 3 heterocycles. The van der Waals surface area contributed by atoms with Gasteiger partial charge in [-0.1, -0.05) is 16.8 Å². The number of sulfonamides is 1. The number of hydrogen-bond donors (Lipinski definition) is 1. The molecule has 2 aliphatic heterocycles. The maximum absolute atomic E-state index is 12.8. The number of benzene rings is 1. The molecule has 1 N–H and O–H groups in total. The molecule has 1 saturated heterocycles. The van der Waals surface area contributed by atoms with E-state index < -0.39 is 10.0 Å². The number of ether oxygens (including phenoxy) is 2. The zero-order chi connectivity index (χ0) is 21.6. The second-order valence-electron chi connectivity index (χ2n) is 7.83. The van der Waals surface area contributed by atoms with Crippen molar-refractivity contribution in [2.24, 2.45) is 0 Å². The van der Waals surface area contributed by atoms with Gasteiger partial charge in [0.15, 0.2) is 12.4 Å². The molecule has 1 amide bonds. The predicted molar refractivity (Wildman–Crippen MR) is 109 cm³/mol. The van der Waals surface area contributed by atoms with Crippen LogP contribution in [0.1, 0.15) is 43.3 Å². The summed E-state index contributed by atoms with van der Waals surface area (Å²) in [5.74, 6) is 1.18. The summed E-state index contributed by atoms with van der Waals surface area (Å²) in [6.45, 7) is 0.643. The fourth-order valence-electron chi connectivity index (χ4n) is 3.64. The van der Waals surface area contributed by atoms with Gasteiger partial charge in [-0.2, -0.15) is 4.98 Å². The van der Waals surface area contributed by atoms with Gasteiger partial charge in [0.1, 0.15) is 10.6 Å². The third kappa shape index (κ3) is 4.27. The van der Waals surface area contributed by atoms with Crippen molar-refractivity contribution in [3.63, 3.8) is 0 Å². The molecule has 1 aliphatic carbocycles. The van der Waals surface area contributed by atoms with Crippen LogP contribution in [0.15, 0.2) is 21.6 Å². The minimum atomic E-state index is -3.89. The first-order chi connectivity index (χ1) is 14.9.